The predicted molar refractivity (Wildman–Crippen MR) is 36.7 cm³/mol. The third kappa shape index (κ3) is 0.860. The second-order valence-corrected chi connectivity index (χ2v) is 4.40. The summed E-state index contributed by atoms with van der Waals surface area (Å²) in [5.74, 6) is -24.9. The Morgan fingerprint density at radius 3 is 0.722 bits per heavy atom. The Balaban J connectivity index is 2.81. The Hall–Kier alpha value is -0.700. The zero-order valence-electron chi connectivity index (χ0n) is 8.19. The summed E-state index contributed by atoms with van der Waals surface area (Å²) in [4.78, 5) is 0. The van der Waals surface area contributed by atoms with Gasteiger partial charge in [-0.25, -0.2) is 8.78 Å². The predicted octanol–water partition coefficient (Wildman–Crippen LogP) is 3.75. The molecule has 2 bridgehead atoms. The maximum atomic E-state index is 13.4. The maximum Gasteiger partial charge on any atom is 0.353 e. The van der Waals surface area contributed by atoms with Crippen LogP contribution in [0.25, 0.3) is 0 Å². The van der Waals surface area contributed by atoms with Crippen LogP contribution in [0.4, 0.5) is 43.9 Å². The molecule has 0 atom stereocenters. The summed E-state index contributed by atoms with van der Waals surface area (Å²) in [7, 11) is 0. The van der Waals surface area contributed by atoms with Gasteiger partial charge in [0.05, 0.1) is 0 Å². The van der Waals surface area contributed by atoms with Crippen molar-refractivity contribution in [2.75, 3.05) is 0 Å². The van der Waals surface area contributed by atoms with E-state index in [0.29, 0.717) is 0 Å². The first-order valence-electron chi connectivity index (χ1n) is 4.60. The molecule has 3 aliphatic carbocycles. The smallest absolute Gasteiger partial charge is 0.230 e. The second-order valence-electron chi connectivity index (χ2n) is 4.40. The van der Waals surface area contributed by atoms with Crippen LogP contribution >= 0.6 is 0 Å². The summed E-state index contributed by atoms with van der Waals surface area (Å²) in [6.07, 6.45) is -4.23. The number of rotatable bonds is 0. The van der Waals surface area contributed by atoms with Crippen molar-refractivity contribution in [3.05, 3.63) is 0 Å². The molecule has 0 unspecified atom stereocenters. The Kier molecular flexibility index (Phi) is 2.09. The average Bonchev–Trinajstić information content (AvgIpc) is 2.20. The molecule has 18 heavy (non-hydrogen) atoms. The summed E-state index contributed by atoms with van der Waals surface area (Å²) in [6.45, 7) is 0. The molecule has 0 N–H and O–H groups in total. The van der Waals surface area contributed by atoms with Crippen LogP contribution < -0.4 is 0 Å². The minimum Gasteiger partial charge on any atom is -0.230 e. The Labute approximate surface area is 92.9 Å². The molecule has 0 heterocycles. The summed E-state index contributed by atoms with van der Waals surface area (Å²) in [5, 5.41) is 0. The second kappa shape index (κ2) is 2.74. The van der Waals surface area contributed by atoms with Gasteiger partial charge >= 0.3 is 23.7 Å². The number of fused-ring (bicyclic) bond motifs is 3. The Morgan fingerprint density at radius 1 is 0.389 bits per heavy atom. The standard InChI is InChI=1S/C8H4F10/c9-3-1-2-4(10,7(15,16)5(3,11)12)8(17,18)6(3,13)14/h1-2H2. The fourth-order valence-electron chi connectivity index (χ4n) is 2.36. The number of hydrogen-bond acceptors (Lipinski definition) is 0. The first kappa shape index (κ1) is 13.7. The van der Waals surface area contributed by atoms with Crippen molar-refractivity contribution in [3.63, 3.8) is 0 Å². The van der Waals surface area contributed by atoms with Gasteiger partial charge in [0, 0.05) is 0 Å². The van der Waals surface area contributed by atoms with E-state index in [4.69, 9.17) is 0 Å². The molecule has 106 valence electrons. The van der Waals surface area contributed by atoms with Gasteiger partial charge in [-0.2, -0.15) is 35.1 Å². The lowest BCUT2D eigenvalue weighted by molar-refractivity contribution is -0.483. The molecule has 0 radical (unpaired) electrons. The van der Waals surface area contributed by atoms with Gasteiger partial charge in [-0.15, -0.1) is 0 Å². The molecule has 3 rings (SSSR count). The van der Waals surface area contributed by atoms with Crippen LogP contribution in [0.3, 0.4) is 0 Å². The van der Waals surface area contributed by atoms with E-state index in [2.05, 4.69) is 0 Å². The fraction of sp³-hybridized carbons (Fsp3) is 1.00. The quantitative estimate of drug-likeness (QED) is 0.596. The maximum absolute atomic E-state index is 13.4. The zero-order valence-corrected chi connectivity index (χ0v) is 8.19. The van der Waals surface area contributed by atoms with Crippen molar-refractivity contribution in [2.24, 2.45) is 0 Å². The molecule has 10 heteroatoms. The fourth-order valence-corrected chi connectivity index (χ4v) is 2.36. The van der Waals surface area contributed by atoms with Gasteiger partial charge in [-0.3, -0.25) is 0 Å². The van der Waals surface area contributed by atoms with E-state index in [9.17, 15) is 43.9 Å². The highest BCUT2D eigenvalue weighted by Crippen LogP contribution is 2.74. The van der Waals surface area contributed by atoms with E-state index in [1.54, 1.807) is 0 Å². The summed E-state index contributed by atoms with van der Waals surface area (Å²) in [5.41, 5.74) is -11.0. The van der Waals surface area contributed by atoms with E-state index in [-0.39, 0.29) is 0 Å². The van der Waals surface area contributed by atoms with Crippen LogP contribution in [-0.4, -0.2) is 35.0 Å². The lowest BCUT2D eigenvalue weighted by atomic mass is 9.58. The van der Waals surface area contributed by atoms with Gasteiger partial charge in [0.25, 0.3) is 0 Å². The molecule has 0 amide bonds. The number of alkyl halides is 10. The van der Waals surface area contributed by atoms with E-state index in [1.807, 2.05) is 0 Å². The van der Waals surface area contributed by atoms with Crippen molar-refractivity contribution in [3.8, 4) is 0 Å². The van der Waals surface area contributed by atoms with E-state index in [0.717, 1.165) is 0 Å². The van der Waals surface area contributed by atoms with E-state index >= 15 is 0 Å². The molecular formula is C8H4F10. The third-order valence-electron chi connectivity index (χ3n) is 3.59. The van der Waals surface area contributed by atoms with Crippen molar-refractivity contribution in [1.29, 1.82) is 0 Å². The third-order valence-corrected chi connectivity index (χ3v) is 3.59. The van der Waals surface area contributed by atoms with Crippen molar-refractivity contribution in [1.82, 2.24) is 0 Å². The van der Waals surface area contributed by atoms with Gasteiger partial charge in [0.2, 0.25) is 11.3 Å². The minimum absolute atomic E-state index is 2.12. The summed E-state index contributed by atoms with van der Waals surface area (Å²) < 4.78 is 131. The highest BCUT2D eigenvalue weighted by molar-refractivity contribution is 5.33. The van der Waals surface area contributed by atoms with Crippen LogP contribution in [0.5, 0.6) is 0 Å². The molecule has 3 saturated carbocycles. The molecule has 0 aromatic rings. The van der Waals surface area contributed by atoms with Gasteiger partial charge in [0.1, 0.15) is 0 Å². The van der Waals surface area contributed by atoms with E-state index in [1.165, 1.54) is 0 Å². The van der Waals surface area contributed by atoms with Crippen LogP contribution in [0, 0.1) is 0 Å². The van der Waals surface area contributed by atoms with Crippen LogP contribution in [0.2, 0.25) is 0 Å². The molecule has 0 spiro atoms. The Bertz CT molecular complexity index is 331. The van der Waals surface area contributed by atoms with Crippen molar-refractivity contribution >= 4 is 0 Å². The normalized spacial score (nSPS) is 47.0. The van der Waals surface area contributed by atoms with Crippen molar-refractivity contribution in [2.45, 2.75) is 47.9 Å². The largest absolute Gasteiger partial charge is 0.353 e. The highest BCUT2D eigenvalue weighted by atomic mass is 19.4. The first-order chi connectivity index (χ1) is 7.71. The summed E-state index contributed by atoms with van der Waals surface area (Å²) >= 11 is 0. The van der Waals surface area contributed by atoms with Gasteiger partial charge in [0.15, 0.2) is 0 Å². The lowest BCUT2D eigenvalue weighted by Gasteiger charge is -2.59. The van der Waals surface area contributed by atoms with Crippen LogP contribution in [-0.2, 0) is 0 Å². The molecular weight excluding hydrogens is 286 g/mol. The highest BCUT2D eigenvalue weighted by Gasteiger charge is 3.01. The van der Waals surface area contributed by atoms with E-state index < -0.39 is 47.9 Å². The summed E-state index contributed by atoms with van der Waals surface area (Å²) in [6, 6.07) is 0. The van der Waals surface area contributed by atoms with Crippen molar-refractivity contribution < 1.29 is 43.9 Å². The zero-order chi connectivity index (χ0) is 14.4. The molecule has 0 nitrogen and oxygen atoms in total. The van der Waals surface area contributed by atoms with Gasteiger partial charge in [-0.05, 0) is 12.8 Å². The SMILES string of the molecule is FC1(F)C(F)(F)C2(F)CCC1(F)C(F)(F)C2(F)F. The van der Waals surface area contributed by atoms with Crippen LogP contribution in [0.1, 0.15) is 12.8 Å². The lowest BCUT2D eigenvalue weighted by Crippen LogP contribution is -2.88. The topological polar surface area (TPSA) is 0 Å². The minimum atomic E-state index is -6.22. The van der Waals surface area contributed by atoms with Crippen LogP contribution in [0.15, 0.2) is 0 Å². The first-order valence-corrected chi connectivity index (χ1v) is 4.60. The molecule has 3 aliphatic rings. The number of halogens is 10. The molecule has 3 fully saturated rings. The molecule has 0 aliphatic heterocycles. The van der Waals surface area contributed by atoms with Gasteiger partial charge < -0.3 is 0 Å². The van der Waals surface area contributed by atoms with Gasteiger partial charge in [-0.1, -0.05) is 0 Å². The number of hydrogen-bond donors (Lipinski definition) is 0. The Morgan fingerprint density at radius 2 is 0.556 bits per heavy atom. The molecule has 0 aromatic heterocycles. The molecule has 0 aromatic carbocycles. The average molecular weight is 290 g/mol. The molecule has 0 saturated heterocycles. The monoisotopic (exact) mass is 290 g/mol.